The minimum atomic E-state index is -1.76. The van der Waals surface area contributed by atoms with Gasteiger partial charge in [0, 0.05) is 20.1 Å². The molecule has 0 radical (unpaired) electrons. The van der Waals surface area contributed by atoms with Gasteiger partial charge in [0.25, 0.3) is 11.9 Å². The third kappa shape index (κ3) is 3.23. The number of morpholine rings is 1. The highest BCUT2D eigenvalue weighted by Gasteiger charge is 2.26. The van der Waals surface area contributed by atoms with Gasteiger partial charge in [0.2, 0.25) is 17.5 Å². The first-order valence-corrected chi connectivity index (χ1v) is 6.18. The van der Waals surface area contributed by atoms with E-state index in [0.29, 0.717) is 26.3 Å². The zero-order valence-electron chi connectivity index (χ0n) is 11.2. The summed E-state index contributed by atoms with van der Waals surface area (Å²) in [5.41, 5.74) is -0.957. The number of ether oxygens (including phenoxy) is 1. The average Bonchev–Trinajstić information content (AvgIpc) is 2.46. The van der Waals surface area contributed by atoms with Crippen molar-refractivity contribution in [2.75, 3.05) is 44.8 Å². The standard InChI is InChI=1S/C12H13F4N3O2/c1-18(6-7(20)19-2-4-21-5-3-19)10-8(13)11(15)17-12(16)9(10)14/h2-6H2,1H3. The lowest BCUT2D eigenvalue weighted by Crippen LogP contribution is -2.45. The van der Waals surface area contributed by atoms with Crippen molar-refractivity contribution in [3.05, 3.63) is 23.5 Å². The number of anilines is 1. The fraction of sp³-hybridized carbons (Fsp3) is 0.500. The fourth-order valence-corrected chi connectivity index (χ4v) is 2.01. The van der Waals surface area contributed by atoms with E-state index in [4.69, 9.17) is 4.74 Å². The van der Waals surface area contributed by atoms with E-state index in [9.17, 15) is 22.4 Å². The highest BCUT2D eigenvalue weighted by atomic mass is 19.2. The van der Waals surface area contributed by atoms with Crippen molar-refractivity contribution in [1.29, 1.82) is 0 Å². The van der Waals surface area contributed by atoms with Gasteiger partial charge in [0.1, 0.15) is 5.69 Å². The Hall–Kier alpha value is -1.90. The number of carbonyl (C=O) groups excluding carboxylic acids is 1. The Bertz CT molecular complexity index is 524. The summed E-state index contributed by atoms with van der Waals surface area (Å²) in [7, 11) is 1.17. The average molecular weight is 307 g/mol. The number of nitrogens with zero attached hydrogens (tertiary/aromatic N) is 3. The van der Waals surface area contributed by atoms with Crippen LogP contribution in [0.2, 0.25) is 0 Å². The zero-order chi connectivity index (χ0) is 15.6. The van der Waals surface area contributed by atoms with Gasteiger partial charge in [0.05, 0.1) is 19.8 Å². The highest BCUT2D eigenvalue weighted by Crippen LogP contribution is 2.25. The second-order valence-electron chi connectivity index (χ2n) is 4.52. The fourth-order valence-electron chi connectivity index (χ4n) is 2.01. The molecule has 1 fully saturated rings. The Labute approximate surface area is 118 Å². The maximum absolute atomic E-state index is 13.6. The van der Waals surface area contributed by atoms with Gasteiger partial charge in [-0.15, -0.1) is 0 Å². The van der Waals surface area contributed by atoms with Crippen LogP contribution < -0.4 is 4.90 Å². The van der Waals surface area contributed by atoms with E-state index >= 15 is 0 Å². The zero-order valence-corrected chi connectivity index (χ0v) is 11.2. The van der Waals surface area contributed by atoms with E-state index in [1.807, 2.05) is 0 Å². The second-order valence-corrected chi connectivity index (χ2v) is 4.52. The molecular formula is C12H13F4N3O2. The number of halogens is 4. The SMILES string of the molecule is CN(CC(=O)N1CCOCC1)c1c(F)c(F)nc(F)c1F. The van der Waals surface area contributed by atoms with Gasteiger partial charge in [-0.1, -0.05) is 0 Å². The molecule has 5 nitrogen and oxygen atoms in total. The summed E-state index contributed by atoms with van der Waals surface area (Å²) >= 11 is 0. The van der Waals surface area contributed by atoms with Gasteiger partial charge in [-0.25, -0.2) is 0 Å². The van der Waals surface area contributed by atoms with Crippen LogP contribution in [0.4, 0.5) is 23.2 Å². The highest BCUT2D eigenvalue weighted by molar-refractivity contribution is 5.81. The van der Waals surface area contributed by atoms with Crippen LogP contribution in [0.25, 0.3) is 0 Å². The van der Waals surface area contributed by atoms with Crippen LogP contribution >= 0.6 is 0 Å². The van der Waals surface area contributed by atoms with E-state index in [-0.39, 0.29) is 0 Å². The van der Waals surface area contributed by atoms with Crippen LogP contribution in [0, 0.1) is 23.5 Å². The molecule has 0 unspecified atom stereocenters. The Balaban J connectivity index is 2.16. The predicted octanol–water partition coefficient (Wildman–Crippen LogP) is 0.933. The number of rotatable bonds is 3. The van der Waals surface area contributed by atoms with Crippen LogP contribution in [0.3, 0.4) is 0 Å². The summed E-state index contributed by atoms with van der Waals surface area (Å²) in [5.74, 6) is -7.20. The van der Waals surface area contributed by atoms with E-state index in [2.05, 4.69) is 4.98 Å². The maximum atomic E-state index is 13.6. The molecule has 2 heterocycles. The Morgan fingerprint density at radius 2 is 1.71 bits per heavy atom. The number of hydrogen-bond acceptors (Lipinski definition) is 4. The minimum Gasteiger partial charge on any atom is -0.378 e. The quantitative estimate of drug-likeness (QED) is 0.616. The van der Waals surface area contributed by atoms with E-state index in [1.165, 1.54) is 11.9 Å². The first-order valence-electron chi connectivity index (χ1n) is 6.18. The molecule has 0 spiro atoms. The van der Waals surface area contributed by atoms with E-state index in [0.717, 1.165) is 4.90 Å². The van der Waals surface area contributed by atoms with Gasteiger partial charge in [-0.05, 0) is 0 Å². The van der Waals surface area contributed by atoms with Crippen LogP contribution in [0.1, 0.15) is 0 Å². The molecule has 1 aliphatic heterocycles. The van der Waals surface area contributed by atoms with E-state index < -0.39 is 41.7 Å². The molecule has 2 rings (SSSR count). The molecule has 1 amide bonds. The number of carbonyl (C=O) groups is 1. The summed E-state index contributed by atoms with van der Waals surface area (Å²) < 4.78 is 58.3. The van der Waals surface area contributed by atoms with Gasteiger partial charge >= 0.3 is 0 Å². The molecule has 0 N–H and O–H groups in total. The molecule has 0 saturated carbocycles. The number of amides is 1. The van der Waals surface area contributed by atoms with Crippen LogP contribution in [0.5, 0.6) is 0 Å². The van der Waals surface area contributed by atoms with Gasteiger partial charge in [-0.2, -0.15) is 22.5 Å². The molecule has 0 bridgehead atoms. The minimum absolute atomic E-state index is 0.358. The number of hydrogen-bond donors (Lipinski definition) is 0. The molecule has 1 aromatic heterocycles. The first-order chi connectivity index (χ1) is 9.91. The molecule has 0 atom stereocenters. The maximum Gasteiger partial charge on any atom is 0.253 e. The first kappa shape index (κ1) is 15.5. The lowest BCUT2D eigenvalue weighted by atomic mass is 10.3. The van der Waals surface area contributed by atoms with Gasteiger partial charge < -0.3 is 14.5 Å². The summed E-state index contributed by atoms with van der Waals surface area (Å²) in [6, 6.07) is 0. The number of aromatic nitrogens is 1. The monoisotopic (exact) mass is 307 g/mol. The molecule has 0 aromatic carbocycles. The third-order valence-electron chi connectivity index (χ3n) is 3.09. The number of likely N-dealkylation sites (N-methyl/N-ethyl adjacent to an activating group) is 1. The Morgan fingerprint density at radius 3 is 2.24 bits per heavy atom. The Kier molecular flexibility index (Phi) is 4.61. The molecule has 116 valence electrons. The summed E-state index contributed by atoms with van der Waals surface area (Å²) in [6.45, 7) is 1.04. The van der Waals surface area contributed by atoms with Crippen molar-refractivity contribution in [3.8, 4) is 0 Å². The summed E-state index contributed by atoms with van der Waals surface area (Å²) in [6.07, 6.45) is 0. The molecule has 21 heavy (non-hydrogen) atoms. The molecule has 9 heteroatoms. The van der Waals surface area contributed by atoms with Crippen molar-refractivity contribution in [3.63, 3.8) is 0 Å². The molecule has 0 aliphatic carbocycles. The topological polar surface area (TPSA) is 45.7 Å². The summed E-state index contributed by atoms with van der Waals surface area (Å²) in [5, 5.41) is 0. The largest absolute Gasteiger partial charge is 0.378 e. The van der Waals surface area contributed by atoms with Gasteiger partial charge in [-0.3, -0.25) is 4.79 Å². The smallest absolute Gasteiger partial charge is 0.253 e. The lowest BCUT2D eigenvalue weighted by molar-refractivity contribution is -0.133. The molecule has 1 saturated heterocycles. The molecular weight excluding hydrogens is 294 g/mol. The Morgan fingerprint density at radius 1 is 1.19 bits per heavy atom. The normalized spacial score (nSPS) is 15.2. The third-order valence-corrected chi connectivity index (χ3v) is 3.09. The molecule has 1 aliphatic rings. The van der Waals surface area contributed by atoms with Crippen molar-refractivity contribution in [2.24, 2.45) is 0 Å². The van der Waals surface area contributed by atoms with Crippen LogP contribution in [-0.4, -0.2) is 55.7 Å². The van der Waals surface area contributed by atoms with Crippen molar-refractivity contribution in [2.45, 2.75) is 0 Å². The van der Waals surface area contributed by atoms with Crippen molar-refractivity contribution >= 4 is 11.6 Å². The van der Waals surface area contributed by atoms with Crippen molar-refractivity contribution in [1.82, 2.24) is 9.88 Å². The predicted molar refractivity (Wildman–Crippen MR) is 64.7 cm³/mol. The van der Waals surface area contributed by atoms with Crippen LogP contribution in [0.15, 0.2) is 0 Å². The molecule has 1 aromatic rings. The van der Waals surface area contributed by atoms with E-state index in [1.54, 1.807) is 0 Å². The number of pyridine rings is 1. The second kappa shape index (κ2) is 6.25. The van der Waals surface area contributed by atoms with Crippen molar-refractivity contribution < 1.29 is 27.1 Å². The summed E-state index contributed by atoms with van der Waals surface area (Å²) in [4.78, 5) is 16.7. The van der Waals surface area contributed by atoms with Gasteiger partial charge in [0.15, 0.2) is 0 Å². The lowest BCUT2D eigenvalue weighted by Gasteiger charge is -2.29. The van der Waals surface area contributed by atoms with Crippen LogP contribution in [-0.2, 0) is 9.53 Å².